The highest BCUT2D eigenvalue weighted by Crippen LogP contribution is 2.38. The molecule has 4 rings (SSSR count). The summed E-state index contributed by atoms with van der Waals surface area (Å²) < 4.78 is 33.8. The van der Waals surface area contributed by atoms with Crippen LogP contribution in [0.3, 0.4) is 0 Å². The first-order chi connectivity index (χ1) is 15.9. The third-order valence-electron chi connectivity index (χ3n) is 6.03. The molecule has 1 amide bonds. The highest BCUT2D eigenvalue weighted by Gasteiger charge is 2.42. The molecule has 7 heteroatoms. The van der Waals surface area contributed by atoms with E-state index in [1.807, 2.05) is 73.7 Å². The molecule has 0 unspecified atom stereocenters. The molecule has 1 aliphatic heterocycles. The van der Waals surface area contributed by atoms with E-state index in [0.29, 0.717) is 19.4 Å². The van der Waals surface area contributed by atoms with Crippen LogP contribution in [0.4, 0.5) is 4.79 Å². The number of nitrogens with one attached hydrogen (secondary N) is 1. The van der Waals surface area contributed by atoms with Crippen molar-refractivity contribution in [2.75, 3.05) is 13.1 Å². The second-order valence-corrected chi connectivity index (χ2v) is 10.2. The van der Waals surface area contributed by atoms with E-state index in [-0.39, 0.29) is 18.0 Å². The number of piperidine rings is 1. The molecule has 1 fully saturated rings. The van der Waals surface area contributed by atoms with Crippen LogP contribution in [0.1, 0.15) is 29.5 Å². The summed E-state index contributed by atoms with van der Waals surface area (Å²) in [5.74, 6) is 0. The maximum absolute atomic E-state index is 13.2. The van der Waals surface area contributed by atoms with Crippen LogP contribution < -0.4 is 5.32 Å². The Morgan fingerprint density at radius 2 is 1.58 bits per heavy atom. The molecule has 0 aliphatic carbocycles. The molecule has 0 radical (unpaired) electrons. The van der Waals surface area contributed by atoms with E-state index in [1.165, 1.54) is 4.31 Å². The second-order valence-electron chi connectivity index (χ2n) is 8.31. The van der Waals surface area contributed by atoms with Crippen molar-refractivity contribution >= 4 is 16.1 Å². The molecule has 0 atom stereocenters. The quantitative estimate of drug-likeness (QED) is 0.578. The third kappa shape index (κ3) is 5.26. The average Bonchev–Trinajstić information content (AvgIpc) is 2.84. The lowest BCUT2D eigenvalue weighted by Crippen LogP contribution is -2.48. The van der Waals surface area contributed by atoms with E-state index in [2.05, 4.69) is 5.32 Å². The van der Waals surface area contributed by atoms with Crippen LogP contribution in [0.15, 0.2) is 89.8 Å². The number of hydrogen-bond donors (Lipinski definition) is 1. The van der Waals surface area contributed by atoms with Crippen LogP contribution in [-0.2, 0) is 26.9 Å². The fourth-order valence-electron chi connectivity index (χ4n) is 4.19. The highest BCUT2D eigenvalue weighted by molar-refractivity contribution is 7.89. The van der Waals surface area contributed by atoms with Gasteiger partial charge in [0.05, 0.1) is 4.90 Å². The van der Waals surface area contributed by atoms with Gasteiger partial charge in [0.1, 0.15) is 5.60 Å². The van der Waals surface area contributed by atoms with Gasteiger partial charge in [0, 0.05) is 32.5 Å². The minimum Gasteiger partial charge on any atom is -0.438 e. The predicted molar refractivity (Wildman–Crippen MR) is 127 cm³/mol. The van der Waals surface area contributed by atoms with Crippen molar-refractivity contribution in [1.82, 2.24) is 9.62 Å². The zero-order chi connectivity index (χ0) is 23.3. The largest absolute Gasteiger partial charge is 0.438 e. The van der Waals surface area contributed by atoms with Crippen LogP contribution in [-0.4, -0.2) is 31.9 Å². The molecule has 6 nitrogen and oxygen atoms in total. The fraction of sp³-hybridized carbons (Fsp3) is 0.269. The Hall–Kier alpha value is -3.16. The number of hydrogen-bond acceptors (Lipinski definition) is 4. The number of ether oxygens (including phenoxy) is 1. The highest BCUT2D eigenvalue weighted by atomic mass is 32.2. The van der Waals surface area contributed by atoms with Crippen molar-refractivity contribution in [3.8, 4) is 0 Å². The normalized spacial score (nSPS) is 16.2. The smallest absolute Gasteiger partial charge is 0.408 e. The Labute approximate surface area is 195 Å². The molecule has 3 aromatic carbocycles. The van der Waals surface area contributed by atoms with Crippen LogP contribution in [0.2, 0.25) is 0 Å². The minimum absolute atomic E-state index is 0.261. The summed E-state index contributed by atoms with van der Waals surface area (Å²) in [5.41, 5.74) is 1.85. The van der Waals surface area contributed by atoms with Gasteiger partial charge in [0.25, 0.3) is 0 Å². The van der Waals surface area contributed by atoms with Gasteiger partial charge in [-0.05, 0) is 35.7 Å². The molecular formula is C26H28N2O4S. The monoisotopic (exact) mass is 464 g/mol. The molecule has 0 spiro atoms. The van der Waals surface area contributed by atoms with Gasteiger partial charge in [-0.2, -0.15) is 4.31 Å². The first kappa shape index (κ1) is 23.0. The molecule has 33 heavy (non-hydrogen) atoms. The molecule has 3 aromatic rings. The van der Waals surface area contributed by atoms with Crippen LogP contribution in [0.25, 0.3) is 0 Å². The van der Waals surface area contributed by atoms with E-state index in [1.54, 1.807) is 18.2 Å². The molecule has 1 heterocycles. The van der Waals surface area contributed by atoms with Gasteiger partial charge in [-0.3, -0.25) is 0 Å². The third-order valence-corrected chi connectivity index (χ3v) is 7.92. The molecule has 1 saturated heterocycles. The van der Waals surface area contributed by atoms with Gasteiger partial charge in [0.15, 0.2) is 0 Å². The van der Waals surface area contributed by atoms with Crippen LogP contribution in [0.5, 0.6) is 0 Å². The van der Waals surface area contributed by atoms with Crippen molar-refractivity contribution in [2.45, 2.75) is 36.8 Å². The first-order valence-corrected chi connectivity index (χ1v) is 12.5. The molecule has 1 N–H and O–H groups in total. The molecule has 0 bridgehead atoms. The number of carbonyl (C=O) groups is 1. The van der Waals surface area contributed by atoms with E-state index in [4.69, 9.17) is 4.74 Å². The van der Waals surface area contributed by atoms with Crippen LogP contribution in [0, 0.1) is 6.92 Å². The number of sulfonamides is 1. The second kappa shape index (κ2) is 9.77. The fourth-order valence-corrected chi connectivity index (χ4v) is 5.73. The van der Waals surface area contributed by atoms with Gasteiger partial charge in [-0.25, -0.2) is 13.2 Å². The van der Waals surface area contributed by atoms with Crippen molar-refractivity contribution in [1.29, 1.82) is 0 Å². The van der Waals surface area contributed by atoms with Crippen molar-refractivity contribution in [3.05, 3.63) is 102 Å². The number of benzene rings is 3. The number of carbonyl (C=O) groups excluding carboxylic acids is 1. The van der Waals surface area contributed by atoms with Gasteiger partial charge >= 0.3 is 6.09 Å². The lowest BCUT2D eigenvalue weighted by molar-refractivity contribution is -0.0279. The summed E-state index contributed by atoms with van der Waals surface area (Å²) in [6.45, 7) is 2.75. The van der Waals surface area contributed by atoms with Crippen LogP contribution >= 0.6 is 0 Å². The van der Waals surface area contributed by atoms with Gasteiger partial charge < -0.3 is 10.1 Å². The Morgan fingerprint density at radius 3 is 2.21 bits per heavy atom. The molecule has 0 aromatic heterocycles. The summed E-state index contributed by atoms with van der Waals surface area (Å²) >= 11 is 0. The molecule has 1 aliphatic rings. The number of amides is 1. The standard InChI is InChI=1S/C26H28N2O4S/c1-21-9-8-14-24(19-21)33(30,31)28-17-15-26(16-18-28,23-12-6-3-7-13-23)32-25(29)27-20-22-10-4-2-5-11-22/h2-14,19H,15-18,20H2,1H3,(H,27,29). The van der Waals surface area contributed by atoms with Crippen molar-refractivity contribution < 1.29 is 17.9 Å². The van der Waals surface area contributed by atoms with Gasteiger partial charge in [-0.15, -0.1) is 0 Å². The lowest BCUT2D eigenvalue weighted by atomic mass is 9.85. The summed E-state index contributed by atoms with van der Waals surface area (Å²) in [5, 5.41) is 2.82. The topological polar surface area (TPSA) is 75.7 Å². The van der Waals surface area contributed by atoms with E-state index in [9.17, 15) is 13.2 Å². The minimum atomic E-state index is -3.61. The number of aryl methyl sites for hydroxylation is 1. The Balaban J connectivity index is 1.50. The molecule has 172 valence electrons. The lowest BCUT2D eigenvalue weighted by Gasteiger charge is -2.41. The molecule has 0 saturated carbocycles. The Kier molecular flexibility index (Phi) is 6.81. The number of alkyl carbamates (subject to hydrolysis) is 1. The van der Waals surface area contributed by atoms with E-state index >= 15 is 0 Å². The summed E-state index contributed by atoms with van der Waals surface area (Å²) in [6, 6.07) is 26.1. The Morgan fingerprint density at radius 1 is 0.939 bits per heavy atom. The van der Waals surface area contributed by atoms with Gasteiger partial charge in [0.2, 0.25) is 10.0 Å². The maximum Gasteiger partial charge on any atom is 0.408 e. The van der Waals surface area contributed by atoms with E-state index < -0.39 is 21.7 Å². The summed E-state index contributed by atoms with van der Waals surface area (Å²) in [7, 11) is -3.61. The number of nitrogens with zero attached hydrogens (tertiary/aromatic N) is 1. The SMILES string of the molecule is Cc1cccc(S(=O)(=O)N2CCC(OC(=O)NCc3ccccc3)(c3ccccc3)CC2)c1. The van der Waals surface area contributed by atoms with Gasteiger partial charge in [-0.1, -0.05) is 72.8 Å². The summed E-state index contributed by atoms with van der Waals surface area (Å²) in [4.78, 5) is 13.0. The number of rotatable bonds is 6. The molecular weight excluding hydrogens is 436 g/mol. The van der Waals surface area contributed by atoms with E-state index in [0.717, 1.165) is 16.7 Å². The Bertz CT molecular complexity index is 1190. The predicted octanol–water partition coefficient (Wildman–Crippen LogP) is 4.60. The maximum atomic E-state index is 13.2. The van der Waals surface area contributed by atoms with Crippen molar-refractivity contribution in [2.24, 2.45) is 0 Å². The zero-order valence-electron chi connectivity index (χ0n) is 18.6. The van der Waals surface area contributed by atoms with Crippen molar-refractivity contribution in [3.63, 3.8) is 0 Å². The first-order valence-electron chi connectivity index (χ1n) is 11.0. The average molecular weight is 465 g/mol. The zero-order valence-corrected chi connectivity index (χ0v) is 19.4. The summed E-state index contributed by atoms with van der Waals surface area (Å²) in [6.07, 6.45) is 0.236.